The lowest BCUT2D eigenvalue weighted by Crippen LogP contribution is -2.26. The summed E-state index contributed by atoms with van der Waals surface area (Å²) >= 11 is 0. The number of hydrogen-bond acceptors (Lipinski definition) is 6. The summed E-state index contributed by atoms with van der Waals surface area (Å²) in [4.78, 5) is 26.7. The van der Waals surface area contributed by atoms with Crippen LogP contribution in [0.15, 0.2) is 59.7 Å². The number of fused-ring (bicyclic) bond motifs is 2. The van der Waals surface area contributed by atoms with Crippen molar-refractivity contribution in [2.24, 2.45) is 0 Å². The van der Waals surface area contributed by atoms with Crippen molar-refractivity contribution in [1.82, 2.24) is 29.3 Å². The van der Waals surface area contributed by atoms with Crippen LogP contribution in [0.1, 0.15) is 26.5 Å². The van der Waals surface area contributed by atoms with E-state index in [1.165, 1.54) is 17.2 Å². The zero-order valence-corrected chi connectivity index (χ0v) is 15.8. The van der Waals surface area contributed by atoms with Gasteiger partial charge in [0.1, 0.15) is 24.5 Å². The van der Waals surface area contributed by atoms with Gasteiger partial charge in [-0.2, -0.15) is 5.10 Å². The minimum absolute atomic E-state index is 0.0131. The van der Waals surface area contributed by atoms with Gasteiger partial charge in [-0.25, -0.2) is 19.6 Å². The quantitative estimate of drug-likeness (QED) is 0.496. The number of anilines is 1. The fourth-order valence-corrected chi connectivity index (χ4v) is 3.41. The van der Waals surface area contributed by atoms with Crippen molar-refractivity contribution < 1.29 is 9.60 Å². The maximum atomic E-state index is 14.0. The average molecular weight is 404 g/mol. The molecule has 2 N–H and O–H groups in total. The van der Waals surface area contributed by atoms with E-state index in [4.69, 9.17) is 15.3 Å². The Morgan fingerprint density at radius 1 is 1.20 bits per heavy atom. The van der Waals surface area contributed by atoms with Gasteiger partial charge in [0.2, 0.25) is 0 Å². The van der Waals surface area contributed by atoms with Gasteiger partial charge in [-0.3, -0.25) is 9.36 Å². The molecule has 0 saturated heterocycles. The van der Waals surface area contributed by atoms with E-state index < -0.39 is 47.8 Å². The third-order valence-electron chi connectivity index (χ3n) is 4.82. The van der Waals surface area contributed by atoms with E-state index in [1.807, 2.05) is 0 Å². The molecule has 0 atom stereocenters. The van der Waals surface area contributed by atoms with Gasteiger partial charge in [0, 0.05) is 4.11 Å². The largest absolute Gasteiger partial charge is 0.383 e. The number of nitrogens with zero attached hydrogens (tertiary/aromatic N) is 6. The van der Waals surface area contributed by atoms with Crippen LogP contribution in [0.3, 0.4) is 0 Å². The highest BCUT2D eigenvalue weighted by Gasteiger charge is 2.17. The van der Waals surface area contributed by atoms with Crippen molar-refractivity contribution >= 4 is 27.8 Å². The summed E-state index contributed by atoms with van der Waals surface area (Å²) in [5.74, 6) is 0.179. The molecule has 0 spiro atoms. The van der Waals surface area contributed by atoms with Crippen molar-refractivity contribution in [3.63, 3.8) is 0 Å². The minimum atomic E-state index is -2.97. The third-order valence-corrected chi connectivity index (χ3v) is 4.82. The van der Waals surface area contributed by atoms with Crippen molar-refractivity contribution in [1.29, 1.82) is 0 Å². The average Bonchev–Trinajstić information content (AvgIpc) is 3.24. The summed E-state index contributed by atoms with van der Waals surface area (Å²) in [5, 5.41) is 4.92. The van der Waals surface area contributed by atoms with Gasteiger partial charge < -0.3 is 5.73 Å². The van der Waals surface area contributed by atoms with Gasteiger partial charge in [-0.05, 0) is 37.0 Å². The summed E-state index contributed by atoms with van der Waals surface area (Å²) in [7, 11) is 0. The van der Waals surface area contributed by atoms with Crippen LogP contribution in [-0.2, 0) is 6.54 Å². The van der Waals surface area contributed by atoms with Crippen LogP contribution in [-0.4, -0.2) is 29.3 Å². The lowest BCUT2D eigenvalue weighted by atomic mass is 10.1. The van der Waals surface area contributed by atoms with Crippen LogP contribution in [0.2, 0.25) is 0 Å². The standard InChI is InChI=1S/C22H19N7O/c1-13-6-3-4-9-17(13)29-18(27-16-8-5-7-14(2)19(16)22(29)30)11-28-21-15(10-26-28)20(23)24-12-25-21/h3-10,12H,11H2,1-2H3,(H2,23,24,25)/i1D3,3D,4D,6D,9D. The maximum absolute atomic E-state index is 14.0. The molecule has 0 bridgehead atoms. The Bertz CT molecular complexity index is 1790. The molecule has 5 aromatic rings. The van der Waals surface area contributed by atoms with Gasteiger partial charge in [-0.1, -0.05) is 30.3 Å². The van der Waals surface area contributed by atoms with Crippen LogP contribution in [0.5, 0.6) is 0 Å². The zero-order chi connectivity index (χ0) is 26.8. The van der Waals surface area contributed by atoms with Gasteiger partial charge in [0.15, 0.2) is 5.65 Å². The summed E-state index contributed by atoms with van der Waals surface area (Å²) in [5.41, 5.74) is 5.29. The molecule has 8 nitrogen and oxygen atoms in total. The number of para-hydroxylation sites is 1. The number of rotatable bonds is 3. The highest BCUT2D eigenvalue weighted by molar-refractivity contribution is 5.85. The summed E-state index contributed by atoms with van der Waals surface area (Å²) in [6, 6.07) is 2.21. The fourth-order valence-electron chi connectivity index (χ4n) is 3.41. The number of aromatic nitrogens is 6. The van der Waals surface area contributed by atoms with Gasteiger partial charge in [-0.15, -0.1) is 0 Å². The van der Waals surface area contributed by atoms with E-state index in [0.29, 0.717) is 22.1 Å². The molecule has 0 aliphatic heterocycles. The second-order valence-corrected chi connectivity index (χ2v) is 6.66. The van der Waals surface area contributed by atoms with E-state index in [9.17, 15) is 4.79 Å². The molecule has 5 rings (SSSR count). The van der Waals surface area contributed by atoms with E-state index in [1.54, 1.807) is 25.1 Å². The van der Waals surface area contributed by atoms with Gasteiger partial charge >= 0.3 is 0 Å². The fraction of sp³-hybridized carbons (Fsp3) is 0.136. The Balaban J connectivity index is 1.93. The molecule has 0 amide bonds. The smallest absolute Gasteiger partial charge is 0.266 e. The molecular formula is C22H19N7O. The number of hydrogen-bond donors (Lipinski definition) is 1. The van der Waals surface area contributed by atoms with E-state index in [2.05, 4.69) is 20.1 Å². The molecule has 0 saturated carbocycles. The molecule has 30 heavy (non-hydrogen) atoms. The van der Waals surface area contributed by atoms with Crippen molar-refractivity contribution in [3.8, 4) is 5.69 Å². The lowest BCUT2D eigenvalue weighted by Gasteiger charge is -2.16. The Morgan fingerprint density at radius 3 is 2.93 bits per heavy atom. The van der Waals surface area contributed by atoms with Crippen LogP contribution >= 0.6 is 0 Å². The number of nitrogen functional groups attached to an aromatic ring is 1. The number of nitrogens with two attached hydrogens (primary N) is 1. The highest BCUT2D eigenvalue weighted by Crippen LogP contribution is 2.21. The normalized spacial score (nSPS) is 15.2. The Hall–Kier alpha value is -4.07. The Labute approximate surface area is 181 Å². The molecule has 0 aliphatic rings. The van der Waals surface area contributed by atoms with Crippen molar-refractivity contribution in [2.45, 2.75) is 20.3 Å². The highest BCUT2D eigenvalue weighted by atomic mass is 16.1. The van der Waals surface area contributed by atoms with Gasteiger partial charge in [0.25, 0.3) is 5.56 Å². The summed E-state index contributed by atoms with van der Waals surface area (Å²) in [6.45, 7) is -1.47. The molecule has 0 radical (unpaired) electrons. The van der Waals surface area contributed by atoms with Crippen molar-refractivity contribution in [2.75, 3.05) is 5.73 Å². The van der Waals surface area contributed by atoms with E-state index in [0.717, 1.165) is 4.57 Å². The second kappa shape index (κ2) is 6.77. The van der Waals surface area contributed by atoms with Crippen LogP contribution < -0.4 is 11.3 Å². The Kier molecular flexibility index (Phi) is 2.67. The molecule has 3 heterocycles. The first-order valence-corrected chi connectivity index (χ1v) is 8.96. The monoisotopic (exact) mass is 404 g/mol. The number of aryl methyl sites for hydroxylation is 1. The third kappa shape index (κ3) is 2.73. The van der Waals surface area contributed by atoms with Gasteiger partial charge in [0.05, 0.1) is 33.7 Å². The lowest BCUT2D eigenvalue weighted by molar-refractivity contribution is 0.649. The minimum Gasteiger partial charge on any atom is -0.383 e. The maximum Gasteiger partial charge on any atom is 0.266 e. The topological polar surface area (TPSA) is 105 Å². The van der Waals surface area contributed by atoms with Crippen LogP contribution in [0.4, 0.5) is 5.82 Å². The van der Waals surface area contributed by atoms with Crippen LogP contribution in [0, 0.1) is 13.8 Å². The second-order valence-electron chi connectivity index (χ2n) is 6.66. The zero-order valence-electron chi connectivity index (χ0n) is 22.8. The molecule has 3 aromatic heterocycles. The SMILES string of the molecule is [2H]c1c([2H])c([2H])c(C([2H])([2H])[2H])c(-n2c(Cn3ncc4c(N)ncnc43)nc3cccc(C)c3c2=O)c1[2H]. The molecule has 2 aromatic carbocycles. The predicted octanol–water partition coefficient (Wildman–Crippen LogP) is 2.77. The molecular weight excluding hydrogens is 378 g/mol. The number of benzene rings is 2. The predicted molar refractivity (Wildman–Crippen MR) is 116 cm³/mol. The first kappa shape index (κ1) is 11.8. The first-order valence-electron chi connectivity index (χ1n) is 12.5. The molecule has 0 fully saturated rings. The summed E-state index contributed by atoms with van der Waals surface area (Å²) < 4.78 is 59.6. The molecule has 0 unspecified atom stereocenters. The molecule has 148 valence electrons. The van der Waals surface area contributed by atoms with Crippen LogP contribution in [0.25, 0.3) is 27.6 Å². The Morgan fingerprint density at radius 2 is 2.07 bits per heavy atom. The van der Waals surface area contributed by atoms with E-state index >= 15 is 0 Å². The molecule has 0 aliphatic carbocycles. The summed E-state index contributed by atoms with van der Waals surface area (Å²) in [6.07, 6.45) is 2.70. The van der Waals surface area contributed by atoms with Crippen molar-refractivity contribution in [3.05, 3.63) is 82.2 Å². The first-order chi connectivity index (χ1) is 17.4. The molecule has 8 heteroatoms. The van der Waals surface area contributed by atoms with E-state index in [-0.39, 0.29) is 23.6 Å².